The molecule has 0 bridgehead atoms. The second-order valence-electron chi connectivity index (χ2n) is 8.53. The molecule has 3 amide bonds. The number of rotatable bonds is 11. The van der Waals surface area contributed by atoms with Gasteiger partial charge in [-0.05, 0) is 74.1 Å². The van der Waals surface area contributed by atoms with Crippen LogP contribution in [0.15, 0.2) is 42.5 Å². The topological polar surface area (TPSA) is 167 Å². The first-order chi connectivity index (χ1) is 18.6. The summed E-state index contributed by atoms with van der Waals surface area (Å²) < 4.78 is 14.4. The number of carbonyl (C=O) groups excluding carboxylic acids is 4. The van der Waals surface area contributed by atoms with E-state index in [2.05, 4.69) is 9.69 Å². The molecular weight excluding hydrogens is 522 g/mol. The molecule has 0 spiro atoms. The summed E-state index contributed by atoms with van der Waals surface area (Å²) in [6.45, 7) is 7.35. The summed E-state index contributed by atoms with van der Waals surface area (Å²) in [6, 6.07) is 10.9. The predicted octanol–water partition coefficient (Wildman–Crippen LogP) is 2.91. The third-order valence-corrected chi connectivity index (χ3v) is 6.58. The van der Waals surface area contributed by atoms with Gasteiger partial charge in [0, 0.05) is 5.69 Å². The van der Waals surface area contributed by atoms with Gasteiger partial charge in [0.25, 0.3) is 11.8 Å². The van der Waals surface area contributed by atoms with Gasteiger partial charge in [-0.25, -0.2) is 0 Å². The van der Waals surface area contributed by atoms with Crippen LogP contribution in [0.25, 0.3) is 0 Å². The van der Waals surface area contributed by atoms with Gasteiger partial charge in [0.15, 0.2) is 5.69 Å². The van der Waals surface area contributed by atoms with E-state index in [0.717, 1.165) is 5.56 Å². The summed E-state index contributed by atoms with van der Waals surface area (Å²) in [7, 11) is 0. The molecule has 0 fully saturated rings. The van der Waals surface area contributed by atoms with Crippen molar-refractivity contribution in [3.63, 3.8) is 0 Å². The number of aromatic nitrogens is 1. The SMILES string of the molecule is CCOC(=O)CNC(=O)C(c1ccc(OCC)cc1)N(C(=O)c1snc(C(N)=O)c1N)c1cc(C)ccc1C. The maximum absolute atomic E-state index is 14.2. The first-order valence-electron chi connectivity index (χ1n) is 12.2. The zero-order valence-electron chi connectivity index (χ0n) is 22.1. The summed E-state index contributed by atoms with van der Waals surface area (Å²) >= 11 is 0.711. The van der Waals surface area contributed by atoms with E-state index in [4.69, 9.17) is 20.9 Å². The Balaban J connectivity index is 2.20. The zero-order valence-corrected chi connectivity index (χ0v) is 23.0. The normalized spacial score (nSPS) is 11.4. The molecule has 0 aliphatic rings. The fourth-order valence-corrected chi connectivity index (χ4v) is 4.62. The maximum atomic E-state index is 14.2. The Morgan fingerprint density at radius 2 is 1.74 bits per heavy atom. The van der Waals surface area contributed by atoms with Crippen LogP contribution in [0, 0.1) is 13.8 Å². The number of hydrogen-bond donors (Lipinski definition) is 3. The minimum absolute atomic E-state index is 0.0566. The standard InChI is InChI=1S/C27H31N5O6S/c1-5-37-18-11-9-17(10-12-18)23(26(35)30-14-20(33)38-6-2)32(19-13-15(3)7-8-16(19)4)27(36)24-21(28)22(25(29)34)31-39-24/h7-13,23H,5-6,14,28H2,1-4H3,(H2,29,34)(H,30,35). The van der Waals surface area contributed by atoms with Crippen molar-refractivity contribution in [1.29, 1.82) is 0 Å². The predicted molar refractivity (Wildman–Crippen MR) is 148 cm³/mol. The molecule has 1 unspecified atom stereocenters. The van der Waals surface area contributed by atoms with Crippen LogP contribution in [0.2, 0.25) is 0 Å². The number of benzene rings is 2. The quantitative estimate of drug-likeness (QED) is 0.305. The molecule has 1 heterocycles. The maximum Gasteiger partial charge on any atom is 0.325 e. The number of nitrogens with one attached hydrogen (secondary N) is 1. The Labute approximate surface area is 230 Å². The molecule has 0 saturated heterocycles. The van der Waals surface area contributed by atoms with Crippen molar-refractivity contribution in [2.75, 3.05) is 30.4 Å². The molecule has 12 heteroatoms. The molecule has 2 aromatic carbocycles. The number of nitrogens with zero attached hydrogens (tertiary/aromatic N) is 2. The number of nitrogen functional groups attached to an aromatic ring is 1. The Morgan fingerprint density at radius 1 is 1.05 bits per heavy atom. The summed E-state index contributed by atoms with van der Waals surface area (Å²) in [5, 5.41) is 2.58. The van der Waals surface area contributed by atoms with Crippen LogP contribution in [-0.4, -0.2) is 47.8 Å². The number of ether oxygens (including phenoxy) is 2. The largest absolute Gasteiger partial charge is 0.494 e. The van der Waals surface area contributed by atoms with E-state index in [1.54, 1.807) is 44.2 Å². The molecule has 0 radical (unpaired) electrons. The van der Waals surface area contributed by atoms with Crippen LogP contribution in [0.1, 0.15) is 56.7 Å². The molecule has 0 aliphatic heterocycles. The Morgan fingerprint density at radius 3 is 2.33 bits per heavy atom. The van der Waals surface area contributed by atoms with Gasteiger partial charge in [0.2, 0.25) is 5.91 Å². The molecule has 39 heavy (non-hydrogen) atoms. The Kier molecular flexibility index (Phi) is 9.61. The minimum Gasteiger partial charge on any atom is -0.494 e. The van der Waals surface area contributed by atoms with Crippen molar-refractivity contribution < 1.29 is 28.7 Å². The lowest BCUT2D eigenvalue weighted by Gasteiger charge is -2.32. The fourth-order valence-electron chi connectivity index (χ4n) is 3.88. The van der Waals surface area contributed by atoms with Gasteiger partial charge in [-0.15, -0.1) is 0 Å². The third-order valence-electron chi connectivity index (χ3n) is 5.72. The summed E-state index contributed by atoms with van der Waals surface area (Å²) in [5.41, 5.74) is 13.5. The van der Waals surface area contributed by atoms with Crippen molar-refractivity contribution in [2.45, 2.75) is 33.7 Å². The fraction of sp³-hybridized carbons (Fsp3) is 0.296. The van der Waals surface area contributed by atoms with E-state index in [-0.39, 0.29) is 22.9 Å². The number of amides is 3. The van der Waals surface area contributed by atoms with Gasteiger partial charge in [-0.3, -0.25) is 24.1 Å². The average Bonchev–Trinajstić information content (AvgIpc) is 3.29. The van der Waals surface area contributed by atoms with E-state index in [1.807, 2.05) is 26.0 Å². The molecule has 0 saturated carbocycles. The zero-order chi connectivity index (χ0) is 28.7. The van der Waals surface area contributed by atoms with E-state index in [1.165, 1.54) is 4.90 Å². The van der Waals surface area contributed by atoms with E-state index in [0.29, 0.717) is 40.7 Å². The van der Waals surface area contributed by atoms with E-state index < -0.39 is 36.3 Å². The second-order valence-corrected chi connectivity index (χ2v) is 9.30. The van der Waals surface area contributed by atoms with Gasteiger partial charge in [-0.1, -0.05) is 24.3 Å². The number of carbonyl (C=O) groups is 4. The lowest BCUT2D eigenvalue weighted by Crippen LogP contribution is -2.45. The van der Waals surface area contributed by atoms with Crippen LogP contribution >= 0.6 is 11.5 Å². The van der Waals surface area contributed by atoms with Crippen molar-refractivity contribution in [3.05, 3.63) is 69.7 Å². The van der Waals surface area contributed by atoms with Crippen LogP contribution in [-0.2, 0) is 14.3 Å². The van der Waals surface area contributed by atoms with Gasteiger partial charge >= 0.3 is 5.97 Å². The first-order valence-corrected chi connectivity index (χ1v) is 13.0. The highest BCUT2D eigenvalue weighted by atomic mass is 32.1. The lowest BCUT2D eigenvalue weighted by atomic mass is 10.00. The molecule has 11 nitrogen and oxygen atoms in total. The van der Waals surface area contributed by atoms with Gasteiger partial charge < -0.3 is 26.3 Å². The van der Waals surface area contributed by atoms with Gasteiger partial charge in [0.1, 0.15) is 23.2 Å². The molecule has 5 N–H and O–H groups in total. The van der Waals surface area contributed by atoms with Gasteiger partial charge in [-0.2, -0.15) is 4.37 Å². The van der Waals surface area contributed by atoms with Crippen molar-refractivity contribution in [2.24, 2.45) is 5.73 Å². The van der Waals surface area contributed by atoms with Crippen LogP contribution in [0.3, 0.4) is 0 Å². The molecular formula is C27H31N5O6S. The molecule has 0 aliphatic carbocycles. The molecule has 1 aromatic heterocycles. The highest BCUT2D eigenvalue weighted by Gasteiger charge is 2.37. The number of primary amides is 1. The van der Waals surface area contributed by atoms with Crippen LogP contribution in [0.5, 0.6) is 5.75 Å². The molecule has 1 atom stereocenters. The highest BCUT2D eigenvalue weighted by Crippen LogP contribution is 2.35. The number of aryl methyl sites for hydroxylation is 2. The van der Waals surface area contributed by atoms with Crippen molar-refractivity contribution >= 4 is 46.6 Å². The third kappa shape index (κ3) is 6.71. The number of anilines is 2. The second kappa shape index (κ2) is 12.9. The lowest BCUT2D eigenvalue weighted by molar-refractivity contribution is -0.143. The smallest absolute Gasteiger partial charge is 0.325 e. The summed E-state index contributed by atoms with van der Waals surface area (Å²) in [5.74, 6) is -2.24. The first kappa shape index (κ1) is 29.1. The van der Waals surface area contributed by atoms with Crippen molar-refractivity contribution in [1.82, 2.24) is 9.69 Å². The van der Waals surface area contributed by atoms with E-state index >= 15 is 0 Å². The highest BCUT2D eigenvalue weighted by molar-refractivity contribution is 7.09. The van der Waals surface area contributed by atoms with E-state index in [9.17, 15) is 19.2 Å². The van der Waals surface area contributed by atoms with Crippen molar-refractivity contribution in [3.8, 4) is 5.75 Å². The van der Waals surface area contributed by atoms with Crippen LogP contribution in [0.4, 0.5) is 11.4 Å². The molecule has 206 valence electrons. The average molecular weight is 554 g/mol. The Hall–Kier alpha value is -4.45. The Bertz CT molecular complexity index is 1370. The minimum atomic E-state index is -1.25. The molecule has 3 rings (SSSR count). The number of hydrogen-bond acceptors (Lipinski definition) is 9. The number of nitrogens with two attached hydrogens (primary N) is 2. The number of esters is 1. The summed E-state index contributed by atoms with van der Waals surface area (Å²) in [4.78, 5) is 53.0. The molecule has 3 aromatic rings. The van der Waals surface area contributed by atoms with Crippen LogP contribution < -0.4 is 26.4 Å². The van der Waals surface area contributed by atoms with Gasteiger partial charge in [0.05, 0.1) is 18.9 Å². The monoisotopic (exact) mass is 553 g/mol. The summed E-state index contributed by atoms with van der Waals surface area (Å²) in [6.07, 6.45) is 0.